The molecule has 8 atom stereocenters. The second-order valence-electron chi connectivity index (χ2n) is 12.5. The molecule has 4 aliphatic heterocycles. The summed E-state index contributed by atoms with van der Waals surface area (Å²) in [5, 5.41) is 10.5. The normalized spacial score (nSPS) is 47.6. The number of hydrogen-bond donors (Lipinski definition) is 1. The maximum atomic E-state index is 10.7. The average Bonchev–Trinajstić information content (AvgIpc) is 2.64. The first kappa shape index (κ1) is 23.9. The van der Waals surface area contributed by atoms with E-state index in [0.29, 0.717) is 13.0 Å². The van der Waals surface area contributed by atoms with Gasteiger partial charge in [0.2, 0.25) is 0 Å². The van der Waals surface area contributed by atoms with Gasteiger partial charge in [0.05, 0.1) is 42.7 Å². The molecule has 0 radical (unpaired) electrons. The fourth-order valence-electron chi connectivity index (χ4n) is 6.37. The van der Waals surface area contributed by atoms with Crippen molar-refractivity contribution >= 4 is 8.56 Å². The molecule has 0 aromatic rings. The van der Waals surface area contributed by atoms with Crippen molar-refractivity contribution in [2.45, 2.75) is 133 Å². The van der Waals surface area contributed by atoms with Gasteiger partial charge < -0.3 is 28.2 Å². The molecule has 0 bridgehead atoms. The van der Waals surface area contributed by atoms with E-state index in [1.165, 1.54) is 0 Å². The van der Waals surface area contributed by atoms with Crippen LogP contribution in [0.4, 0.5) is 0 Å². The van der Waals surface area contributed by atoms with E-state index in [-0.39, 0.29) is 40.6 Å². The van der Waals surface area contributed by atoms with Crippen molar-refractivity contribution in [2.24, 2.45) is 0 Å². The monoisotopic (exact) mass is 454 g/mol. The van der Waals surface area contributed by atoms with E-state index in [0.717, 1.165) is 12.8 Å². The summed E-state index contributed by atoms with van der Waals surface area (Å²) in [7, 11) is -2.55. The Bertz CT molecular complexity index is 700. The average molecular weight is 455 g/mol. The zero-order valence-electron chi connectivity index (χ0n) is 20.6. The van der Waals surface area contributed by atoms with Crippen LogP contribution in [0.2, 0.25) is 10.1 Å². The molecule has 178 valence electrons. The van der Waals surface area contributed by atoms with Crippen LogP contribution in [0, 0.1) is 0 Å². The summed E-state index contributed by atoms with van der Waals surface area (Å²) in [6.45, 7) is 21.8. The molecule has 0 aromatic carbocycles. The Morgan fingerprint density at radius 1 is 0.935 bits per heavy atom. The predicted octanol–water partition coefficient (Wildman–Crippen LogP) is 4.24. The van der Waals surface area contributed by atoms with Crippen molar-refractivity contribution in [2.75, 3.05) is 6.61 Å². The standard InChI is InChI=1S/C24H42O6Si/c1-10-23(8)19(25)12-20-24(9,30-23)13-17-15(28-20)11-16-18(27-17)14-26-31(29-16,21(2,3)4)22(5,6)7/h10,15-20,25H,1,11-14H2,2-9H3/t15-,16+,17+,18-,19-,20+,23+,24-/m1/s1. The van der Waals surface area contributed by atoms with Crippen LogP contribution in [0.1, 0.15) is 74.7 Å². The smallest absolute Gasteiger partial charge is 0.349 e. The number of hydrogen-bond acceptors (Lipinski definition) is 6. The Kier molecular flexibility index (Phi) is 5.66. The third kappa shape index (κ3) is 3.68. The molecule has 6 nitrogen and oxygen atoms in total. The molecule has 7 heteroatoms. The second-order valence-corrected chi connectivity index (χ2v) is 17.2. The lowest BCUT2D eigenvalue weighted by molar-refractivity contribution is -0.328. The highest BCUT2D eigenvalue weighted by atomic mass is 28.4. The van der Waals surface area contributed by atoms with Gasteiger partial charge in [-0.3, -0.25) is 0 Å². The van der Waals surface area contributed by atoms with Crippen LogP contribution in [0.5, 0.6) is 0 Å². The van der Waals surface area contributed by atoms with Crippen molar-refractivity contribution in [1.29, 1.82) is 0 Å². The molecule has 1 N–H and O–H groups in total. The Hall–Kier alpha value is -0.283. The van der Waals surface area contributed by atoms with Crippen LogP contribution in [0.25, 0.3) is 0 Å². The first-order valence-electron chi connectivity index (χ1n) is 11.8. The summed E-state index contributed by atoms with van der Waals surface area (Å²) in [4.78, 5) is 0. The zero-order chi connectivity index (χ0) is 23.0. The Morgan fingerprint density at radius 2 is 1.58 bits per heavy atom. The summed E-state index contributed by atoms with van der Waals surface area (Å²) in [5.41, 5.74) is -1.30. The molecule has 0 amide bonds. The van der Waals surface area contributed by atoms with Gasteiger partial charge in [0.25, 0.3) is 0 Å². The fourth-order valence-corrected chi connectivity index (χ4v) is 11.3. The maximum absolute atomic E-state index is 10.7. The second kappa shape index (κ2) is 7.36. The summed E-state index contributed by atoms with van der Waals surface area (Å²) in [6, 6.07) is 0. The molecule has 4 rings (SSSR count). The predicted molar refractivity (Wildman–Crippen MR) is 121 cm³/mol. The lowest BCUT2D eigenvalue weighted by Crippen LogP contribution is -2.70. The summed E-state index contributed by atoms with van der Waals surface area (Å²) < 4.78 is 33.0. The number of ether oxygens (including phenoxy) is 3. The SMILES string of the molecule is C=C[C@]1(C)O[C@]2(C)C[C@@H]3O[C@@H]4CO[Si](C(C)(C)C)(C(C)(C)C)O[C@H]4C[C@H]3O[C@H]2C[C@H]1O. The van der Waals surface area contributed by atoms with Crippen LogP contribution in [-0.2, 0) is 23.1 Å². The minimum absolute atomic E-state index is 0.0302. The van der Waals surface area contributed by atoms with Gasteiger partial charge in [0.1, 0.15) is 11.7 Å². The number of fused-ring (bicyclic) bond motifs is 3. The van der Waals surface area contributed by atoms with Gasteiger partial charge in [-0.15, -0.1) is 6.58 Å². The van der Waals surface area contributed by atoms with Gasteiger partial charge in [-0.25, -0.2) is 0 Å². The van der Waals surface area contributed by atoms with Gasteiger partial charge in [-0.2, -0.15) is 0 Å². The molecule has 0 unspecified atom stereocenters. The molecule has 4 saturated heterocycles. The molecule has 0 spiro atoms. The summed E-state index contributed by atoms with van der Waals surface area (Å²) in [6.07, 6.45) is 2.68. The van der Waals surface area contributed by atoms with Gasteiger partial charge in [0, 0.05) is 29.3 Å². The zero-order valence-corrected chi connectivity index (χ0v) is 21.6. The van der Waals surface area contributed by atoms with Gasteiger partial charge in [-0.05, 0) is 13.8 Å². The summed E-state index contributed by atoms with van der Waals surface area (Å²) in [5.74, 6) is 0. The first-order valence-corrected chi connectivity index (χ1v) is 13.6. The molecule has 31 heavy (non-hydrogen) atoms. The highest BCUT2D eigenvalue weighted by Crippen LogP contribution is 2.56. The molecule has 0 saturated carbocycles. The van der Waals surface area contributed by atoms with E-state index in [1.807, 2.05) is 6.92 Å². The van der Waals surface area contributed by atoms with Gasteiger partial charge in [0.15, 0.2) is 0 Å². The molecule has 0 aromatic heterocycles. The van der Waals surface area contributed by atoms with Crippen molar-refractivity contribution in [3.8, 4) is 0 Å². The largest absolute Gasteiger partial charge is 0.391 e. The van der Waals surface area contributed by atoms with Gasteiger partial charge in [-0.1, -0.05) is 47.6 Å². The maximum Gasteiger partial charge on any atom is 0.349 e. The highest BCUT2D eigenvalue weighted by molar-refractivity contribution is 6.73. The molecule has 0 aliphatic carbocycles. The number of aliphatic hydroxyl groups is 1. The third-order valence-corrected chi connectivity index (χ3v) is 13.1. The van der Waals surface area contributed by atoms with Crippen molar-refractivity contribution < 1.29 is 28.2 Å². The van der Waals surface area contributed by atoms with Crippen molar-refractivity contribution in [3.63, 3.8) is 0 Å². The highest BCUT2D eigenvalue weighted by Gasteiger charge is 2.64. The Morgan fingerprint density at radius 3 is 2.16 bits per heavy atom. The van der Waals surface area contributed by atoms with E-state index < -0.39 is 25.9 Å². The van der Waals surface area contributed by atoms with Crippen molar-refractivity contribution in [1.82, 2.24) is 0 Å². The van der Waals surface area contributed by atoms with Crippen molar-refractivity contribution in [3.05, 3.63) is 12.7 Å². The fraction of sp³-hybridized carbons (Fsp3) is 0.917. The number of aliphatic hydroxyl groups excluding tert-OH is 1. The van der Waals surface area contributed by atoms with Gasteiger partial charge >= 0.3 is 8.56 Å². The quantitative estimate of drug-likeness (QED) is 0.472. The number of rotatable bonds is 1. The Labute approximate surface area is 188 Å². The third-order valence-electron chi connectivity index (χ3n) is 7.97. The molecular weight excluding hydrogens is 412 g/mol. The Balaban J connectivity index is 1.54. The van der Waals surface area contributed by atoms with Crippen LogP contribution in [-0.4, -0.2) is 68.1 Å². The summed E-state index contributed by atoms with van der Waals surface area (Å²) >= 11 is 0. The van der Waals surface area contributed by atoms with Crippen LogP contribution in [0.3, 0.4) is 0 Å². The lowest BCUT2D eigenvalue weighted by atomic mass is 9.76. The topological polar surface area (TPSA) is 66.4 Å². The molecule has 4 fully saturated rings. The van der Waals surface area contributed by atoms with E-state index in [9.17, 15) is 5.11 Å². The molecular formula is C24H42O6Si. The molecule has 4 heterocycles. The van der Waals surface area contributed by atoms with Crippen LogP contribution >= 0.6 is 0 Å². The van der Waals surface area contributed by atoms with Crippen LogP contribution in [0.15, 0.2) is 12.7 Å². The van der Waals surface area contributed by atoms with E-state index in [2.05, 4.69) is 55.0 Å². The van der Waals surface area contributed by atoms with E-state index >= 15 is 0 Å². The van der Waals surface area contributed by atoms with E-state index in [1.54, 1.807) is 6.08 Å². The van der Waals surface area contributed by atoms with Crippen LogP contribution < -0.4 is 0 Å². The molecule has 4 aliphatic rings. The lowest BCUT2D eigenvalue weighted by Gasteiger charge is -2.60. The minimum atomic E-state index is -2.55. The first-order chi connectivity index (χ1) is 14.1. The van der Waals surface area contributed by atoms with E-state index in [4.69, 9.17) is 23.1 Å². The minimum Gasteiger partial charge on any atom is -0.391 e.